The van der Waals surface area contributed by atoms with Crippen LogP contribution in [0.25, 0.3) is 10.8 Å². The number of rotatable bonds is 4. The van der Waals surface area contributed by atoms with E-state index in [1.165, 1.54) is 6.40 Å². The summed E-state index contributed by atoms with van der Waals surface area (Å²) < 4.78 is 11.4. The topological polar surface area (TPSA) is 54.6 Å². The van der Waals surface area contributed by atoms with Crippen molar-refractivity contribution in [2.75, 3.05) is 6.61 Å². The van der Waals surface area contributed by atoms with Gasteiger partial charge >= 0.3 is 0 Å². The molecule has 0 spiro atoms. The van der Waals surface area contributed by atoms with E-state index in [-0.39, 0.29) is 11.8 Å². The van der Waals surface area contributed by atoms with Crippen LogP contribution >= 0.6 is 11.6 Å². The van der Waals surface area contributed by atoms with E-state index in [0.29, 0.717) is 23.0 Å². The number of hydrogen-bond donors (Lipinski definition) is 0. The van der Waals surface area contributed by atoms with Crippen LogP contribution in [0.15, 0.2) is 71.0 Å². The van der Waals surface area contributed by atoms with Gasteiger partial charge in [-0.25, -0.2) is 0 Å². The summed E-state index contributed by atoms with van der Waals surface area (Å²) in [7, 11) is 0. The van der Waals surface area contributed by atoms with Gasteiger partial charge in [-0.05, 0) is 25.5 Å². The van der Waals surface area contributed by atoms with Crippen LogP contribution in [-0.2, 0) is 4.74 Å². The van der Waals surface area contributed by atoms with E-state index in [9.17, 15) is 5.26 Å². The molecule has 0 saturated carbocycles. The number of hydrogen-bond acceptors (Lipinski definition) is 4. The molecule has 3 aromatic carbocycles. The number of ether oxygens (including phenoxy) is 2. The molecule has 0 saturated heterocycles. The Morgan fingerprint density at radius 2 is 1.90 bits per heavy atom. The second kappa shape index (κ2) is 7.98. The number of benzene rings is 3. The second-order valence-corrected chi connectivity index (χ2v) is 7.20. The minimum atomic E-state index is -0.333. The van der Waals surface area contributed by atoms with E-state index in [0.717, 1.165) is 27.5 Å². The van der Waals surface area contributed by atoms with Crippen molar-refractivity contribution in [2.24, 2.45) is 4.99 Å². The Hall–Kier alpha value is -3.29. The zero-order chi connectivity index (χ0) is 20.4. The van der Waals surface area contributed by atoms with E-state index in [2.05, 4.69) is 11.1 Å². The van der Waals surface area contributed by atoms with Crippen molar-refractivity contribution in [3.63, 3.8) is 0 Å². The summed E-state index contributed by atoms with van der Waals surface area (Å²) in [6, 6.07) is 20.1. The zero-order valence-corrected chi connectivity index (χ0v) is 16.9. The fraction of sp³-hybridized carbons (Fsp3) is 0.167. The minimum absolute atomic E-state index is 0.242. The number of nitriles is 1. The number of halogens is 1. The maximum absolute atomic E-state index is 9.98. The van der Waals surface area contributed by atoms with Crippen LogP contribution in [0.1, 0.15) is 29.5 Å². The number of aryl methyl sites for hydroxylation is 1. The predicted molar refractivity (Wildman–Crippen MR) is 115 cm³/mol. The van der Waals surface area contributed by atoms with Crippen LogP contribution in [0.3, 0.4) is 0 Å². The van der Waals surface area contributed by atoms with Crippen molar-refractivity contribution in [1.29, 1.82) is 5.26 Å². The zero-order valence-electron chi connectivity index (χ0n) is 16.1. The minimum Gasteiger partial charge on any atom is -0.483 e. The van der Waals surface area contributed by atoms with Crippen LogP contribution in [0.2, 0.25) is 5.02 Å². The van der Waals surface area contributed by atoms with Crippen LogP contribution < -0.4 is 4.74 Å². The summed E-state index contributed by atoms with van der Waals surface area (Å²) in [6.45, 7) is 4.38. The predicted octanol–water partition coefficient (Wildman–Crippen LogP) is 6.13. The molecule has 0 aromatic heterocycles. The van der Waals surface area contributed by atoms with Crippen LogP contribution in [0, 0.1) is 18.3 Å². The average Bonchev–Trinajstić information content (AvgIpc) is 2.74. The lowest BCUT2D eigenvalue weighted by molar-refractivity contribution is 0.336. The Bertz CT molecular complexity index is 1170. The van der Waals surface area contributed by atoms with E-state index in [4.69, 9.17) is 21.1 Å². The molecule has 4 rings (SSSR count). The first-order valence-corrected chi connectivity index (χ1v) is 9.75. The molecule has 1 unspecified atom stereocenters. The number of aliphatic imine (C=N–C) groups is 1. The van der Waals surface area contributed by atoms with Gasteiger partial charge in [0.2, 0.25) is 5.88 Å². The van der Waals surface area contributed by atoms with Crippen molar-refractivity contribution in [3.8, 4) is 11.8 Å². The molecular formula is C24H19ClN2O2. The summed E-state index contributed by atoms with van der Waals surface area (Å²) in [4.78, 5) is 4.30. The highest BCUT2D eigenvalue weighted by Crippen LogP contribution is 2.48. The normalized spacial score (nSPS) is 15.9. The largest absolute Gasteiger partial charge is 0.483 e. The first-order valence-electron chi connectivity index (χ1n) is 9.38. The Labute approximate surface area is 174 Å². The molecule has 0 bridgehead atoms. The van der Waals surface area contributed by atoms with Gasteiger partial charge in [-0.2, -0.15) is 10.3 Å². The third-order valence-corrected chi connectivity index (χ3v) is 5.26. The van der Waals surface area contributed by atoms with Crippen LogP contribution in [-0.4, -0.2) is 13.0 Å². The summed E-state index contributed by atoms with van der Waals surface area (Å²) in [5, 5.41) is 12.4. The lowest BCUT2D eigenvalue weighted by atomic mass is 9.82. The SMILES string of the molecule is CCO/C=N\C1=C(C#N)C(c2ccc(C)cc2)c2cc(Cl)c3ccccc3c2O1. The summed E-state index contributed by atoms with van der Waals surface area (Å²) in [5.41, 5.74) is 3.40. The first-order chi connectivity index (χ1) is 14.1. The fourth-order valence-corrected chi connectivity index (χ4v) is 3.84. The van der Waals surface area contributed by atoms with Gasteiger partial charge in [0.05, 0.1) is 12.5 Å². The number of allylic oxidation sites excluding steroid dienone is 1. The molecule has 1 aliphatic heterocycles. The van der Waals surface area contributed by atoms with E-state index < -0.39 is 0 Å². The van der Waals surface area contributed by atoms with Gasteiger partial charge in [0.25, 0.3) is 0 Å². The summed E-state index contributed by atoms with van der Waals surface area (Å²) in [6.07, 6.45) is 1.32. The number of nitrogens with zero attached hydrogens (tertiary/aromatic N) is 2. The summed E-state index contributed by atoms with van der Waals surface area (Å²) >= 11 is 6.60. The van der Waals surface area contributed by atoms with Gasteiger partial charge in [0, 0.05) is 21.4 Å². The van der Waals surface area contributed by atoms with Crippen molar-refractivity contribution < 1.29 is 9.47 Å². The molecule has 0 radical (unpaired) electrons. The van der Waals surface area contributed by atoms with E-state index in [1.54, 1.807) is 0 Å². The molecule has 3 aromatic rings. The van der Waals surface area contributed by atoms with Gasteiger partial charge in [0.15, 0.2) is 6.40 Å². The fourth-order valence-electron chi connectivity index (χ4n) is 3.56. The molecular weight excluding hydrogens is 384 g/mol. The molecule has 1 atom stereocenters. The van der Waals surface area contributed by atoms with Gasteiger partial charge in [-0.1, -0.05) is 65.7 Å². The molecule has 0 aliphatic carbocycles. The molecule has 144 valence electrons. The Balaban J connectivity index is 2.00. The highest BCUT2D eigenvalue weighted by atomic mass is 35.5. The van der Waals surface area contributed by atoms with E-state index in [1.807, 2.05) is 68.4 Å². The molecule has 5 heteroatoms. The lowest BCUT2D eigenvalue weighted by Gasteiger charge is -2.28. The maximum atomic E-state index is 9.98. The second-order valence-electron chi connectivity index (χ2n) is 6.79. The molecule has 0 fully saturated rings. The molecule has 29 heavy (non-hydrogen) atoms. The smallest absolute Gasteiger partial charge is 0.236 e. The van der Waals surface area contributed by atoms with E-state index >= 15 is 0 Å². The monoisotopic (exact) mass is 402 g/mol. The quantitative estimate of drug-likeness (QED) is 0.390. The lowest BCUT2D eigenvalue weighted by Crippen LogP contribution is -2.16. The summed E-state index contributed by atoms with van der Waals surface area (Å²) in [5.74, 6) is 0.574. The van der Waals surface area contributed by atoms with Gasteiger partial charge in [-0.15, -0.1) is 0 Å². The average molecular weight is 403 g/mol. The Morgan fingerprint density at radius 3 is 2.59 bits per heavy atom. The third kappa shape index (κ3) is 3.46. The molecule has 0 amide bonds. The molecule has 1 heterocycles. The van der Waals surface area contributed by atoms with Crippen LogP contribution in [0.4, 0.5) is 0 Å². The van der Waals surface area contributed by atoms with Crippen molar-refractivity contribution in [1.82, 2.24) is 0 Å². The first kappa shape index (κ1) is 19.0. The number of fused-ring (bicyclic) bond motifs is 3. The van der Waals surface area contributed by atoms with Crippen LogP contribution in [0.5, 0.6) is 5.75 Å². The highest BCUT2D eigenvalue weighted by molar-refractivity contribution is 6.36. The van der Waals surface area contributed by atoms with Crippen molar-refractivity contribution >= 4 is 28.8 Å². The van der Waals surface area contributed by atoms with Crippen molar-refractivity contribution in [3.05, 3.63) is 87.8 Å². The highest BCUT2D eigenvalue weighted by Gasteiger charge is 2.33. The van der Waals surface area contributed by atoms with Gasteiger partial charge in [0.1, 0.15) is 17.4 Å². The standard InChI is InChI=1S/C24H19ClN2O2/c1-3-28-14-27-24-20(13-26)22(16-10-8-15(2)9-11-16)19-12-21(25)17-6-4-5-7-18(17)23(19)29-24/h4-12,14,22H,3H2,1-2H3/b27-14-. The Kier molecular flexibility index (Phi) is 5.24. The Morgan fingerprint density at radius 1 is 1.17 bits per heavy atom. The maximum Gasteiger partial charge on any atom is 0.236 e. The van der Waals surface area contributed by atoms with Gasteiger partial charge in [-0.3, -0.25) is 0 Å². The third-order valence-electron chi connectivity index (χ3n) is 4.94. The molecule has 1 aliphatic rings. The molecule has 4 nitrogen and oxygen atoms in total. The van der Waals surface area contributed by atoms with Crippen molar-refractivity contribution in [2.45, 2.75) is 19.8 Å². The molecule has 0 N–H and O–H groups in total. The van der Waals surface area contributed by atoms with Gasteiger partial charge < -0.3 is 9.47 Å².